The van der Waals surface area contributed by atoms with Crippen molar-refractivity contribution in [2.24, 2.45) is 0 Å². The van der Waals surface area contributed by atoms with Gasteiger partial charge >= 0.3 is 5.76 Å². The van der Waals surface area contributed by atoms with Crippen LogP contribution in [-0.2, 0) is 11.3 Å². The fourth-order valence-corrected chi connectivity index (χ4v) is 3.16. The molecule has 0 fully saturated rings. The van der Waals surface area contributed by atoms with Crippen LogP contribution in [0.15, 0.2) is 76.1 Å². The molecule has 10 nitrogen and oxygen atoms in total. The number of ether oxygens (including phenoxy) is 1. The lowest BCUT2D eigenvalue weighted by atomic mass is 10.2. The Balaban J connectivity index is 1.39. The van der Waals surface area contributed by atoms with E-state index in [-0.39, 0.29) is 36.0 Å². The normalized spacial score (nSPS) is 10.8. The maximum atomic E-state index is 12.4. The first-order chi connectivity index (χ1) is 15.5. The molecule has 0 saturated carbocycles. The van der Waals surface area contributed by atoms with Gasteiger partial charge in [0.2, 0.25) is 11.8 Å². The SMILES string of the molecule is O=C(CCCn1c(=O)oc2cc([N+](=O)[O-])ccc21)Nc1cccnc1Oc1ccccc1. The number of hydrogen-bond acceptors (Lipinski definition) is 7. The van der Waals surface area contributed by atoms with Gasteiger partial charge in [0.1, 0.15) is 11.4 Å². The Kier molecular flexibility index (Phi) is 5.93. The Morgan fingerprint density at radius 3 is 2.75 bits per heavy atom. The molecule has 0 radical (unpaired) electrons. The number of amides is 1. The molecule has 4 aromatic rings. The quantitative estimate of drug-likeness (QED) is 0.326. The van der Waals surface area contributed by atoms with E-state index in [9.17, 15) is 19.7 Å². The zero-order chi connectivity index (χ0) is 22.5. The van der Waals surface area contributed by atoms with Crippen LogP contribution in [0.4, 0.5) is 11.4 Å². The number of fused-ring (bicyclic) bond motifs is 1. The molecule has 0 spiro atoms. The van der Waals surface area contributed by atoms with Gasteiger partial charge in [-0.15, -0.1) is 0 Å². The van der Waals surface area contributed by atoms with Crippen molar-refractivity contribution in [3.8, 4) is 11.6 Å². The van der Waals surface area contributed by atoms with Crippen LogP contribution in [0.1, 0.15) is 12.8 Å². The lowest BCUT2D eigenvalue weighted by Gasteiger charge is -2.11. The van der Waals surface area contributed by atoms with Gasteiger partial charge in [0.25, 0.3) is 5.69 Å². The van der Waals surface area contributed by atoms with Crippen molar-refractivity contribution < 1.29 is 18.9 Å². The topological polar surface area (TPSA) is 130 Å². The molecule has 0 aliphatic rings. The summed E-state index contributed by atoms with van der Waals surface area (Å²) in [6.07, 6.45) is 2.05. The number of anilines is 1. The largest absolute Gasteiger partial charge is 0.437 e. The lowest BCUT2D eigenvalue weighted by molar-refractivity contribution is -0.384. The lowest BCUT2D eigenvalue weighted by Crippen LogP contribution is -2.17. The molecule has 10 heteroatoms. The van der Waals surface area contributed by atoms with Crippen LogP contribution < -0.4 is 15.8 Å². The van der Waals surface area contributed by atoms with Crippen molar-refractivity contribution >= 4 is 28.4 Å². The van der Waals surface area contributed by atoms with Gasteiger partial charge < -0.3 is 14.5 Å². The van der Waals surface area contributed by atoms with Crippen LogP contribution in [-0.4, -0.2) is 20.4 Å². The number of pyridine rings is 1. The number of benzene rings is 2. The number of nitro groups is 1. The number of oxazole rings is 1. The maximum Gasteiger partial charge on any atom is 0.419 e. The zero-order valence-corrected chi connectivity index (χ0v) is 16.8. The molecule has 0 bridgehead atoms. The molecule has 32 heavy (non-hydrogen) atoms. The second-order valence-electron chi connectivity index (χ2n) is 6.85. The van der Waals surface area contributed by atoms with Gasteiger partial charge in [-0.25, -0.2) is 9.78 Å². The molecule has 2 aromatic carbocycles. The van der Waals surface area contributed by atoms with E-state index in [1.54, 1.807) is 30.5 Å². The van der Waals surface area contributed by atoms with Crippen LogP contribution in [0, 0.1) is 10.1 Å². The highest BCUT2D eigenvalue weighted by Gasteiger charge is 2.15. The Morgan fingerprint density at radius 2 is 1.97 bits per heavy atom. The van der Waals surface area contributed by atoms with Crippen molar-refractivity contribution in [1.29, 1.82) is 0 Å². The standard InChI is InChI=1S/C22H18N4O6/c27-20(24-17-8-4-12-23-21(17)31-16-6-2-1-3-7-16)9-5-13-25-18-11-10-15(26(29)30)14-19(18)32-22(25)28/h1-4,6-8,10-12,14H,5,9,13H2,(H,24,27). The van der Waals surface area contributed by atoms with Crippen molar-refractivity contribution in [3.05, 3.63) is 87.5 Å². The Hall–Kier alpha value is -4.47. The summed E-state index contributed by atoms with van der Waals surface area (Å²) in [5, 5.41) is 13.7. The van der Waals surface area contributed by atoms with Gasteiger partial charge in [-0.3, -0.25) is 19.5 Å². The molecule has 162 valence electrons. The van der Waals surface area contributed by atoms with E-state index in [0.717, 1.165) is 0 Å². The number of carbonyl (C=O) groups is 1. The summed E-state index contributed by atoms with van der Waals surface area (Å²) < 4.78 is 12.2. The maximum absolute atomic E-state index is 12.4. The highest BCUT2D eigenvalue weighted by Crippen LogP contribution is 2.27. The summed E-state index contributed by atoms with van der Waals surface area (Å²) in [5.41, 5.74) is 0.834. The number of nitrogens with zero attached hydrogens (tertiary/aromatic N) is 3. The van der Waals surface area contributed by atoms with Gasteiger partial charge in [0.15, 0.2) is 5.58 Å². The molecular formula is C22H18N4O6. The minimum absolute atomic E-state index is 0.131. The van der Waals surface area contributed by atoms with Crippen LogP contribution >= 0.6 is 0 Å². The number of aromatic nitrogens is 2. The Bertz CT molecular complexity index is 1330. The van der Waals surface area contributed by atoms with Gasteiger partial charge in [-0.2, -0.15) is 0 Å². The monoisotopic (exact) mass is 434 g/mol. The summed E-state index contributed by atoms with van der Waals surface area (Å²) >= 11 is 0. The molecule has 0 unspecified atom stereocenters. The number of aryl methyl sites for hydroxylation is 1. The van der Waals surface area contributed by atoms with E-state index >= 15 is 0 Å². The zero-order valence-electron chi connectivity index (χ0n) is 16.8. The van der Waals surface area contributed by atoms with Gasteiger partial charge in [-0.1, -0.05) is 18.2 Å². The van der Waals surface area contributed by atoms with Crippen molar-refractivity contribution in [1.82, 2.24) is 9.55 Å². The minimum atomic E-state index is -0.633. The average molecular weight is 434 g/mol. The predicted octanol–water partition coefficient (Wildman–Crippen LogP) is 4.11. The second kappa shape index (κ2) is 9.13. The first kappa shape index (κ1) is 20.8. The first-order valence-corrected chi connectivity index (χ1v) is 9.77. The predicted molar refractivity (Wildman–Crippen MR) is 116 cm³/mol. The van der Waals surface area contributed by atoms with E-state index in [4.69, 9.17) is 9.15 Å². The number of nitro benzene ring substituents is 1. The fraction of sp³-hybridized carbons (Fsp3) is 0.136. The Morgan fingerprint density at radius 1 is 1.16 bits per heavy atom. The van der Waals surface area contributed by atoms with E-state index in [1.165, 1.54) is 22.8 Å². The van der Waals surface area contributed by atoms with Crippen molar-refractivity contribution in [2.75, 3.05) is 5.32 Å². The summed E-state index contributed by atoms with van der Waals surface area (Å²) in [4.78, 5) is 39.0. The van der Waals surface area contributed by atoms with Crippen LogP contribution in [0.5, 0.6) is 11.6 Å². The number of para-hydroxylation sites is 1. The molecule has 2 aromatic heterocycles. The second-order valence-corrected chi connectivity index (χ2v) is 6.85. The molecule has 0 saturated heterocycles. The molecular weight excluding hydrogens is 416 g/mol. The average Bonchev–Trinajstić information content (AvgIpc) is 3.10. The first-order valence-electron chi connectivity index (χ1n) is 9.77. The number of nitrogens with one attached hydrogen (secondary N) is 1. The highest BCUT2D eigenvalue weighted by molar-refractivity contribution is 5.91. The number of hydrogen-bond donors (Lipinski definition) is 1. The van der Waals surface area contributed by atoms with Gasteiger partial charge in [0, 0.05) is 25.2 Å². The third-order valence-electron chi connectivity index (χ3n) is 4.65. The summed E-state index contributed by atoms with van der Waals surface area (Å²) in [7, 11) is 0. The molecule has 0 atom stereocenters. The molecule has 1 amide bonds. The van der Waals surface area contributed by atoms with E-state index in [1.807, 2.05) is 18.2 Å². The minimum Gasteiger partial charge on any atom is -0.437 e. The smallest absolute Gasteiger partial charge is 0.419 e. The summed E-state index contributed by atoms with van der Waals surface area (Å²) in [6.45, 7) is 0.220. The Labute approximate surface area is 181 Å². The summed E-state index contributed by atoms with van der Waals surface area (Å²) in [6, 6.07) is 16.4. The number of carbonyl (C=O) groups excluding carboxylic acids is 1. The number of rotatable bonds is 8. The summed E-state index contributed by atoms with van der Waals surface area (Å²) in [5.74, 6) is -0.0436. The van der Waals surface area contributed by atoms with Crippen molar-refractivity contribution in [3.63, 3.8) is 0 Å². The number of non-ortho nitro benzene ring substituents is 1. The molecule has 0 aliphatic heterocycles. The van der Waals surface area contributed by atoms with Crippen LogP contribution in [0.2, 0.25) is 0 Å². The van der Waals surface area contributed by atoms with E-state index < -0.39 is 10.7 Å². The third kappa shape index (κ3) is 4.64. The molecule has 2 heterocycles. The van der Waals surface area contributed by atoms with Gasteiger partial charge in [0.05, 0.1) is 16.5 Å². The van der Waals surface area contributed by atoms with Gasteiger partial charge in [-0.05, 0) is 36.8 Å². The van der Waals surface area contributed by atoms with E-state index in [0.29, 0.717) is 23.4 Å². The molecule has 1 N–H and O–H groups in total. The van der Waals surface area contributed by atoms with Crippen LogP contribution in [0.25, 0.3) is 11.1 Å². The highest BCUT2D eigenvalue weighted by atomic mass is 16.6. The fourth-order valence-electron chi connectivity index (χ4n) is 3.16. The van der Waals surface area contributed by atoms with Crippen molar-refractivity contribution in [2.45, 2.75) is 19.4 Å². The third-order valence-corrected chi connectivity index (χ3v) is 4.65. The molecule has 4 rings (SSSR count). The van der Waals surface area contributed by atoms with E-state index in [2.05, 4.69) is 10.3 Å². The molecule has 0 aliphatic carbocycles. The van der Waals surface area contributed by atoms with Crippen LogP contribution in [0.3, 0.4) is 0 Å².